The molecule has 3 aliphatic heterocycles. The SMILES string of the molecule is Cc1ccc(S(=O)(=O)N2CCC3(CC2)CC(C(=O)N2CCN(C(=O)Cc4ccccc4)CC2)=NO3)cc1. The van der Waals surface area contributed by atoms with Crippen LogP contribution in [-0.2, 0) is 30.9 Å². The summed E-state index contributed by atoms with van der Waals surface area (Å²) in [5.74, 6) is -0.104. The number of nitrogens with zero attached hydrogens (tertiary/aromatic N) is 4. The third kappa shape index (κ3) is 5.40. The lowest BCUT2D eigenvalue weighted by atomic mass is 9.87. The first-order valence-corrected chi connectivity index (χ1v) is 14.1. The minimum atomic E-state index is -3.57. The van der Waals surface area contributed by atoms with Crippen LogP contribution in [-0.4, -0.2) is 84.9 Å². The Morgan fingerprint density at radius 2 is 1.51 bits per heavy atom. The van der Waals surface area contributed by atoms with Gasteiger partial charge in [-0.15, -0.1) is 0 Å². The van der Waals surface area contributed by atoms with Gasteiger partial charge in [0.2, 0.25) is 15.9 Å². The van der Waals surface area contributed by atoms with Crippen LogP contribution in [0.1, 0.15) is 30.4 Å². The molecular weight excluding hydrogens is 492 g/mol. The summed E-state index contributed by atoms with van der Waals surface area (Å²) < 4.78 is 27.5. The van der Waals surface area contributed by atoms with Gasteiger partial charge in [-0.2, -0.15) is 4.31 Å². The predicted molar refractivity (Wildman–Crippen MR) is 138 cm³/mol. The molecule has 3 aliphatic rings. The van der Waals surface area contributed by atoms with Gasteiger partial charge in [-0.3, -0.25) is 9.59 Å². The van der Waals surface area contributed by atoms with Gasteiger partial charge in [0.15, 0.2) is 0 Å². The van der Waals surface area contributed by atoms with Gasteiger partial charge in [0.25, 0.3) is 5.91 Å². The van der Waals surface area contributed by atoms with Crippen LogP contribution in [0.5, 0.6) is 0 Å². The van der Waals surface area contributed by atoms with Crippen molar-refractivity contribution in [3.63, 3.8) is 0 Å². The summed E-state index contributed by atoms with van der Waals surface area (Å²) in [4.78, 5) is 35.4. The van der Waals surface area contributed by atoms with Gasteiger partial charge in [-0.25, -0.2) is 8.42 Å². The normalized spacial score (nSPS) is 20.0. The molecule has 0 bridgehead atoms. The molecule has 0 aliphatic carbocycles. The lowest BCUT2D eigenvalue weighted by molar-refractivity contribution is -0.136. The highest BCUT2D eigenvalue weighted by molar-refractivity contribution is 7.89. The molecule has 196 valence electrons. The fraction of sp³-hybridized carbons (Fsp3) is 0.444. The number of piperazine rings is 1. The number of hydrogen-bond acceptors (Lipinski definition) is 6. The summed E-state index contributed by atoms with van der Waals surface area (Å²) in [5, 5.41) is 4.13. The van der Waals surface area contributed by atoms with Crippen LogP contribution in [0.3, 0.4) is 0 Å². The second-order valence-electron chi connectivity index (χ2n) is 10.0. The van der Waals surface area contributed by atoms with Crippen molar-refractivity contribution in [3.8, 4) is 0 Å². The van der Waals surface area contributed by atoms with Crippen molar-refractivity contribution in [2.45, 2.75) is 43.1 Å². The quantitative estimate of drug-likeness (QED) is 0.597. The van der Waals surface area contributed by atoms with E-state index in [-0.39, 0.29) is 16.7 Å². The maximum absolute atomic E-state index is 13.1. The van der Waals surface area contributed by atoms with Gasteiger partial charge >= 0.3 is 0 Å². The molecule has 0 unspecified atom stereocenters. The molecule has 2 aromatic rings. The van der Waals surface area contributed by atoms with Crippen LogP contribution in [0.25, 0.3) is 0 Å². The maximum atomic E-state index is 13.1. The second-order valence-corrected chi connectivity index (χ2v) is 12.0. The number of oxime groups is 1. The topological polar surface area (TPSA) is 99.6 Å². The van der Waals surface area contributed by atoms with Gasteiger partial charge in [0.05, 0.1) is 11.3 Å². The van der Waals surface area contributed by atoms with E-state index in [1.807, 2.05) is 37.3 Å². The van der Waals surface area contributed by atoms with Crippen LogP contribution in [0.4, 0.5) is 0 Å². The number of benzene rings is 2. The van der Waals surface area contributed by atoms with Gasteiger partial charge < -0.3 is 14.6 Å². The molecule has 0 radical (unpaired) electrons. The van der Waals surface area contributed by atoms with Crippen LogP contribution in [0, 0.1) is 6.92 Å². The van der Waals surface area contributed by atoms with E-state index in [2.05, 4.69) is 5.16 Å². The maximum Gasteiger partial charge on any atom is 0.271 e. The molecular formula is C27H32N4O5S. The fourth-order valence-corrected chi connectivity index (χ4v) is 6.56. The van der Waals surface area contributed by atoms with Crippen LogP contribution >= 0.6 is 0 Å². The first kappa shape index (κ1) is 25.4. The van der Waals surface area contributed by atoms with Gasteiger partial charge in [-0.05, 0) is 24.6 Å². The minimum absolute atomic E-state index is 0.0612. The first-order valence-electron chi connectivity index (χ1n) is 12.7. The average molecular weight is 525 g/mol. The van der Waals surface area contributed by atoms with Crippen molar-refractivity contribution in [2.75, 3.05) is 39.3 Å². The van der Waals surface area contributed by atoms with Crippen molar-refractivity contribution in [1.29, 1.82) is 0 Å². The monoisotopic (exact) mass is 524 g/mol. The number of aryl methyl sites for hydroxylation is 1. The lowest BCUT2D eigenvalue weighted by Gasteiger charge is -2.37. The highest BCUT2D eigenvalue weighted by Crippen LogP contribution is 2.36. The molecule has 2 fully saturated rings. The zero-order valence-corrected chi connectivity index (χ0v) is 21.8. The van der Waals surface area contributed by atoms with Crippen molar-refractivity contribution in [3.05, 3.63) is 65.7 Å². The number of sulfonamides is 1. The largest absolute Gasteiger partial charge is 0.388 e. The van der Waals surface area contributed by atoms with Crippen molar-refractivity contribution >= 4 is 27.5 Å². The van der Waals surface area contributed by atoms with E-state index in [1.54, 1.807) is 34.1 Å². The molecule has 0 atom stereocenters. The van der Waals surface area contributed by atoms with Gasteiger partial charge in [-0.1, -0.05) is 53.2 Å². The molecule has 0 saturated carbocycles. The zero-order valence-electron chi connectivity index (χ0n) is 21.0. The van der Waals surface area contributed by atoms with E-state index in [0.717, 1.165) is 11.1 Å². The predicted octanol–water partition coefficient (Wildman–Crippen LogP) is 2.21. The Labute approximate surface area is 217 Å². The average Bonchev–Trinajstić information content (AvgIpc) is 3.32. The number of carbonyl (C=O) groups excluding carboxylic acids is 2. The standard InChI is InChI=1S/C27H32N4O5S/c1-21-7-9-23(10-8-21)37(34,35)31-13-11-27(12-14-31)20-24(28-36-27)26(33)30-17-15-29(16-18-30)25(32)19-22-5-3-2-4-6-22/h2-10H,11-20H2,1H3. The number of amides is 2. The summed E-state index contributed by atoms with van der Waals surface area (Å²) in [5.41, 5.74) is 1.72. The smallest absolute Gasteiger partial charge is 0.271 e. The molecule has 3 heterocycles. The minimum Gasteiger partial charge on any atom is -0.388 e. The molecule has 9 nitrogen and oxygen atoms in total. The van der Waals surface area contributed by atoms with Crippen LogP contribution in [0.15, 0.2) is 64.6 Å². The summed E-state index contributed by atoms with van der Waals surface area (Å²) in [6.07, 6.45) is 1.67. The van der Waals surface area contributed by atoms with Crippen LogP contribution in [0.2, 0.25) is 0 Å². The molecule has 2 saturated heterocycles. The Morgan fingerprint density at radius 1 is 0.892 bits per heavy atom. The summed E-state index contributed by atoms with van der Waals surface area (Å²) in [6.45, 7) is 4.43. The van der Waals surface area contributed by atoms with E-state index in [1.165, 1.54) is 4.31 Å². The van der Waals surface area contributed by atoms with Crippen molar-refractivity contribution in [1.82, 2.24) is 14.1 Å². The summed E-state index contributed by atoms with van der Waals surface area (Å²) in [7, 11) is -3.57. The molecule has 2 amide bonds. The van der Waals surface area contributed by atoms with E-state index < -0.39 is 15.6 Å². The molecule has 1 spiro atoms. The Morgan fingerprint density at radius 3 is 2.16 bits per heavy atom. The Balaban J connectivity index is 1.11. The third-order valence-corrected chi connectivity index (χ3v) is 9.41. The number of hydrogen-bond donors (Lipinski definition) is 0. The van der Waals surface area contributed by atoms with Gasteiger partial charge in [0.1, 0.15) is 11.3 Å². The Hall–Kier alpha value is -3.24. The second kappa shape index (κ2) is 10.3. The first-order chi connectivity index (χ1) is 17.8. The summed E-state index contributed by atoms with van der Waals surface area (Å²) in [6, 6.07) is 16.5. The van der Waals surface area contributed by atoms with E-state index >= 15 is 0 Å². The number of piperidine rings is 1. The van der Waals surface area contributed by atoms with E-state index in [0.29, 0.717) is 70.7 Å². The molecule has 37 heavy (non-hydrogen) atoms. The highest BCUT2D eigenvalue weighted by atomic mass is 32.2. The molecule has 2 aromatic carbocycles. The third-order valence-electron chi connectivity index (χ3n) is 7.50. The van der Waals surface area contributed by atoms with E-state index in [4.69, 9.17) is 4.84 Å². The molecule has 0 aromatic heterocycles. The van der Waals surface area contributed by atoms with Crippen molar-refractivity contribution < 1.29 is 22.8 Å². The molecule has 5 rings (SSSR count). The fourth-order valence-electron chi connectivity index (χ4n) is 5.12. The van der Waals surface area contributed by atoms with E-state index in [9.17, 15) is 18.0 Å². The molecule has 0 N–H and O–H groups in total. The summed E-state index contributed by atoms with van der Waals surface area (Å²) >= 11 is 0. The lowest BCUT2D eigenvalue weighted by Crippen LogP contribution is -2.53. The van der Waals surface area contributed by atoms with Crippen LogP contribution < -0.4 is 0 Å². The Bertz CT molecular complexity index is 1280. The molecule has 10 heteroatoms. The zero-order chi connectivity index (χ0) is 26.0. The highest BCUT2D eigenvalue weighted by Gasteiger charge is 2.46. The Kier molecular flexibility index (Phi) is 7.04. The number of rotatable bonds is 5. The van der Waals surface area contributed by atoms with Crippen molar-refractivity contribution in [2.24, 2.45) is 5.16 Å². The number of carbonyl (C=O) groups is 2. The van der Waals surface area contributed by atoms with Gasteiger partial charge in [0, 0.05) is 58.5 Å².